The fraction of sp³-hybridized carbons (Fsp3) is 0. The highest BCUT2D eigenvalue weighted by Gasteiger charge is 2.15. The maximum atomic E-state index is 5.03. The first kappa shape index (κ1) is 29.9. The summed E-state index contributed by atoms with van der Waals surface area (Å²) in [6.07, 6.45) is 0. The van der Waals surface area contributed by atoms with Gasteiger partial charge in [0, 0.05) is 27.7 Å². The topological polar surface area (TPSA) is 22.8 Å². The molecule has 0 saturated heterocycles. The van der Waals surface area contributed by atoms with Crippen molar-refractivity contribution in [2.45, 2.75) is 0 Å². The van der Waals surface area contributed by atoms with Gasteiger partial charge >= 0.3 is 0 Å². The quantitative estimate of drug-likeness (QED) is 0.174. The molecule has 0 N–H and O–H groups in total. The van der Waals surface area contributed by atoms with Gasteiger partial charge in [0.05, 0.1) is 22.1 Å². The summed E-state index contributed by atoms with van der Waals surface area (Å²) in [5.74, 6) is 0.942. The maximum absolute atomic E-state index is 5.03. The van der Waals surface area contributed by atoms with E-state index < -0.39 is 0 Å². The molecule has 0 aliphatic heterocycles. The average molecular weight is 664 g/mol. The molecule has 8 aromatic carbocycles. The second-order valence-electron chi connectivity index (χ2n) is 13.2. The van der Waals surface area contributed by atoms with E-state index in [0.29, 0.717) is 0 Å². The van der Waals surface area contributed by atoms with Crippen LogP contribution in [0.5, 0.6) is 0 Å². The molecule has 0 amide bonds. The molecule has 2 aromatic heterocycles. The van der Waals surface area contributed by atoms with E-state index in [2.05, 4.69) is 197 Å². The lowest BCUT2D eigenvalue weighted by Gasteiger charge is -2.11. The van der Waals surface area contributed by atoms with E-state index in [4.69, 9.17) is 4.98 Å². The molecule has 0 aliphatic carbocycles. The minimum Gasteiger partial charge on any atom is -0.309 e. The van der Waals surface area contributed by atoms with E-state index in [-0.39, 0.29) is 0 Å². The van der Waals surface area contributed by atoms with Gasteiger partial charge < -0.3 is 4.57 Å². The smallest absolute Gasteiger partial charge is 0.145 e. The summed E-state index contributed by atoms with van der Waals surface area (Å²) in [6.45, 7) is 0. The Morgan fingerprint density at radius 3 is 1.13 bits per heavy atom. The second-order valence-corrected chi connectivity index (χ2v) is 13.2. The van der Waals surface area contributed by atoms with Crippen LogP contribution in [-0.4, -0.2) is 14.1 Å². The molecule has 0 aliphatic rings. The zero-order valence-corrected chi connectivity index (χ0v) is 28.4. The van der Waals surface area contributed by atoms with Gasteiger partial charge in [-0.3, -0.25) is 4.57 Å². The maximum Gasteiger partial charge on any atom is 0.145 e. The Balaban J connectivity index is 0.885. The monoisotopic (exact) mass is 663 g/mol. The predicted molar refractivity (Wildman–Crippen MR) is 217 cm³/mol. The van der Waals surface area contributed by atoms with E-state index in [1.807, 2.05) is 12.1 Å². The minimum absolute atomic E-state index is 0.942. The lowest BCUT2D eigenvalue weighted by atomic mass is 9.97. The van der Waals surface area contributed by atoms with Crippen LogP contribution in [0.3, 0.4) is 0 Å². The number of hydrogen-bond donors (Lipinski definition) is 0. The molecule has 0 unspecified atom stereocenters. The lowest BCUT2D eigenvalue weighted by molar-refractivity contribution is 1.10. The Bertz CT molecular complexity index is 2790. The molecule has 3 nitrogen and oxygen atoms in total. The highest BCUT2D eigenvalue weighted by atomic mass is 15.1. The molecule has 0 fully saturated rings. The average Bonchev–Trinajstić information content (AvgIpc) is 3.78. The van der Waals surface area contributed by atoms with Crippen molar-refractivity contribution in [3.63, 3.8) is 0 Å². The summed E-state index contributed by atoms with van der Waals surface area (Å²) in [5.41, 5.74) is 15.1. The van der Waals surface area contributed by atoms with Crippen LogP contribution in [0.15, 0.2) is 200 Å². The van der Waals surface area contributed by atoms with Crippen LogP contribution in [0.25, 0.3) is 89.0 Å². The van der Waals surface area contributed by atoms with Crippen LogP contribution in [-0.2, 0) is 0 Å². The van der Waals surface area contributed by atoms with Crippen LogP contribution in [0.2, 0.25) is 0 Å². The predicted octanol–water partition coefficient (Wildman–Crippen LogP) is 12.8. The molecular formula is C49H33N3. The van der Waals surface area contributed by atoms with Gasteiger partial charge in [-0.05, 0) is 81.9 Å². The van der Waals surface area contributed by atoms with Crippen molar-refractivity contribution in [1.29, 1.82) is 0 Å². The summed E-state index contributed by atoms with van der Waals surface area (Å²) >= 11 is 0. The second kappa shape index (κ2) is 12.4. The minimum atomic E-state index is 0.942. The number of aromatic nitrogens is 3. The van der Waals surface area contributed by atoms with E-state index >= 15 is 0 Å². The lowest BCUT2D eigenvalue weighted by Crippen LogP contribution is -1.97. The number of para-hydroxylation sites is 5. The van der Waals surface area contributed by atoms with Crippen molar-refractivity contribution in [2.75, 3.05) is 0 Å². The van der Waals surface area contributed by atoms with Gasteiger partial charge in [0.25, 0.3) is 0 Å². The molecule has 10 aromatic rings. The van der Waals surface area contributed by atoms with Crippen LogP contribution in [0.1, 0.15) is 0 Å². The van der Waals surface area contributed by atoms with Gasteiger partial charge in [0.2, 0.25) is 0 Å². The molecule has 52 heavy (non-hydrogen) atoms. The Morgan fingerprint density at radius 1 is 0.269 bits per heavy atom. The third kappa shape index (κ3) is 5.10. The normalized spacial score (nSPS) is 11.5. The van der Waals surface area contributed by atoms with Gasteiger partial charge in [-0.25, -0.2) is 4.98 Å². The third-order valence-electron chi connectivity index (χ3n) is 10.2. The molecule has 244 valence electrons. The number of nitrogens with zero attached hydrogens (tertiary/aromatic N) is 3. The number of rotatable bonds is 6. The number of hydrogen-bond acceptors (Lipinski definition) is 1. The Hall–Kier alpha value is -6.97. The van der Waals surface area contributed by atoms with Crippen molar-refractivity contribution >= 4 is 32.8 Å². The van der Waals surface area contributed by atoms with E-state index in [9.17, 15) is 0 Å². The van der Waals surface area contributed by atoms with Crippen molar-refractivity contribution in [3.8, 4) is 56.1 Å². The Kier molecular flexibility index (Phi) is 7.14. The summed E-state index contributed by atoms with van der Waals surface area (Å²) < 4.78 is 4.60. The van der Waals surface area contributed by atoms with Crippen molar-refractivity contribution in [3.05, 3.63) is 200 Å². The summed E-state index contributed by atoms with van der Waals surface area (Å²) in [4.78, 5) is 5.03. The first-order valence-corrected chi connectivity index (χ1v) is 17.7. The summed E-state index contributed by atoms with van der Waals surface area (Å²) in [7, 11) is 0. The largest absolute Gasteiger partial charge is 0.309 e. The van der Waals surface area contributed by atoms with Gasteiger partial charge in [-0.15, -0.1) is 0 Å². The van der Waals surface area contributed by atoms with E-state index in [1.54, 1.807) is 0 Å². The molecule has 10 rings (SSSR count). The van der Waals surface area contributed by atoms with Gasteiger partial charge in [0.1, 0.15) is 5.82 Å². The van der Waals surface area contributed by atoms with Crippen LogP contribution < -0.4 is 0 Å². The number of fused-ring (bicyclic) bond motifs is 4. The fourth-order valence-electron chi connectivity index (χ4n) is 7.58. The Morgan fingerprint density at radius 2 is 0.635 bits per heavy atom. The van der Waals surface area contributed by atoms with E-state index in [0.717, 1.165) is 28.1 Å². The molecule has 2 heterocycles. The highest BCUT2D eigenvalue weighted by molar-refractivity contribution is 6.09. The summed E-state index contributed by atoms with van der Waals surface area (Å²) in [5, 5.41) is 2.56. The Labute approximate surface area is 302 Å². The molecule has 0 bridgehead atoms. The highest BCUT2D eigenvalue weighted by Crippen LogP contribution is 2.34. The summed E-state index contributed by atoms with van der Waals surface area (Å²) in [6, 6.07) is 71.5. The van der Waals surface area contributed by atoms with Gasteiger partial charge in [-0.2, -0.15) is 0 Å². The zero-order valence-electron chi connectivity index (χ0n) is 28.4. The standard InChI is InChI=1S/C49H33N3/c1-2-10-41(11-3-1)52-48-17-9-6-14-45(48)50-49(52)40-28-26-38(27-29-40)36-20-18-34(19-21-36)35-22-24-37(25-23-35)39-30-32-42(33-31-39)51-46-15-7-4-12-43(46)44-13-5-8-16-47(44)51/h1-33H. The van der Waals surface area contributed by atoms with Crippen molar-refractivity contribution in [1.82, 2.24) is 14.1 Å². The van der Waals surface area contributed by atoms with E-state index in [1.165, 1.54) is 60.9 Å². The van der Waals surface area contributed by atoms with Crippen LogP contribution >= 0.6 is 0 Å². The van der Waals surface area contributed by atoms with Gasteiger partial charge in [-0.1, -0.05) is 152 Å². The zero-order chi connectivity index (χ0) is 34.4. The number of benzene rings is 8. The molecule has 0 atom stereocenters. The third-order valence-corrected chi connectivity index (χ3v) is 10.2. The van der Waals surface area contributed by atoms with Crippen molar-refractivity contribution < 1.29 is 0 Å². The van der Waals surface area contributed by atoms with Crippen LogP contribution in [0, 0.1) is 0 Å². The SMILES string of the molecule is c1ccc(-n2c(-c3ccc(-c4ccc(-c5ccc(-c6ccc(-n7c8ccccc8c8ccccc87)cc6)cc5)cc4)cc3)nc3ccccc32)cc1. The first-order chi connectivity index (χ1) is 25.8. The molecular weight excluding hydrogens is 631 g/mol. The van der Waals surface area contributed by atoms with Crippen molar-refractivity contribution in [2.24, 2.45) is 0 Å². The first-order valence-electron chi connectivity index (χ1n) is 17.7. The number of imidazole rings is 1. The molecule has 3 heteroatoms. The molecule has 0 radical (unpaired) electrons. The fourth-order valence-corrected chi connectivity index (χ4v) is 7.58. The van der Waals surface area contributed by atoms with Gasteiger partial charge in [0.15, 0.2) is 0 Å². The van der Waals surface area contributed by atoms with Crippen LogP contribution in [0.4, 0.5) is 0 Å². The molecule has 0 saturated carbocycles. The molecule has 0 spiro atoms.